The van der Waals surface area contributed by atoms with E-state index < -0.39 is 88.6 Å². The summed E-state index contributed by atoms with van der Waals surface area (Å²) in [6.07, 6.45) is -4.49. The van der Waals surface area contributed by atoms with Crippen molar-refractivity contribution in [3.8, 4) is 0 Å². The van der Waals surface area contributed by atoms with E-state index in [1.165, 1.54) is 45.9 Å². The second-order valence-corrected chi connectivity index (χ2v) is 11.1. The molecule has 0 unspecified atom stereocenters. The van der Waals surface area contributed by atoms with E-state index in [9.17, 15) is 34.5 Å². The molecule has 0 aromatic rings. The van der Waals surface area contributed by atoms with Crippen molar-refractivity contribution in [1.29, 1.82) is 0 Å². The smallest absolute Gasteiger partial charge is 0.342 e. The Balaban J connectivity index is 2.03. The predicted molar refractivity (Wildman–Crippen MR) is 126 cm³/mol. The normalized spacial score (nSPS) is 47.4. The van der Waals surface area contributed by atoms with E-state index in [0.717, 1.165) is 20.8 Å². The van der Waals surface area contributed by atoms with Crippen molar-refractivity contribution in [2.24, 2.45) is 11.3 Å². The first kappa shape index (κ1) is 28.2. The number of ether oxygens (including phenoxy) is 5. The Hall–Kier alpha value is -2.80. The SMILES string of the molecule is CC(=O)O[C@@H]1[C@H]2[C@](C)(O)[C@H](OC(C)=O)C=C[C@]2(C)[C@@H](O)[C@H](O)[C@@H](OC(C)=O)C(C)=C[C@@H]2OC(=O)[C@]3(C)O[C@@]213. The van der Waals surface area contributed by atoms with E-state index in [2.05, 4.69) is 0 Å². The second-order valence-electron chi connectivity index (χ2n) is 11.1. The van der Waals surface area contributed by atoms with Gasteiger partial charge in [-0.05, 0) is 38.5 Å². The number of aliphatic hydroxyl groups is 3. The summed E-state index contributed by atoms with van der Waals surface area (Å²) in [5, 5.41) is 35.0. The lowest BCUT2D eigenvalue weighted by Gasteiger charge is -2.55. The Morgan fingerprint density at radius 2 is 1.55 bits per heavy atom. The highest BCUT2D eigenvalue weighted by molar-refractivity contribution is 5.89. The number of hydrogen-bond donors (Lipinski definition) is 3. The lowest BCUT2D eigenvalue weighted by atomic mass is 9.55. The molecule has 210 valence electrons. The predicted octanol–water partition coefficient (Wildman–Crippen LogP) is -0.140. The lowest BCUT2D eigenvalue weighted by molar-refractivity contribution is -0.225. The monoisotopic (exact) mass is 538 g/mol. The largest absolute Gasteiger partial charge is 0.459 e. The molecule has 4 rings (SSSR count). The zero-order chi connectivity index (χ0) is 28.6. The number of carbonyl (C=O) groups excluding carboxylic acids is 4. The lowest BCUT2D eigenvalue weighted by Crippen LogP contribution is -2.68. The number of esters is 4. The summed E-state index contributed by atoms with van der Waals surface area (Å²) in [5.74, 6) is -4.32. The van der Waals surface area contributed by atoms with E-state index >= 15 is 0 Å². The topological polar surface area (TPSA) is 178 Å². The molecule has 2 saturated heterocycles. The van der Waals surface area contributed by atoms with Crippen LogP contribution >= 0.6 is 0 Å². The summed E-state index contributed by atoms with van der Waals surface area (Å²) >= 11 is 0. The van der Waals surface area contributed by atoms with Gasteiger partial charge in [0.2, 0.25) is 0 Å². The first-order valence-electron chi connectivity index (χ1n) is 12.3. The maximum atomic E-state index is 13.0. The highest BCUT2D eigenvalue weighted by Gasteiger charge is 2.87. The fraction of sp³-hybridized carbons (Fsp3) is 0.692. The standard InChI is InChI=1S/C26H34O12/c1-11-10-16-26(25(7,38-26)22(32)37-16)21(36-14(4)29)19-23(5,20(31)17(30)18(11)35-13(3)28)9-8-15(24(19,6)33)34-12(2)27/h8-10,15-21,30-31,33H,1-7H3/t15-,16+,17-,18+,19-,20+,21-,23+,24-,25+,26+/m1/s1. The van der Waals surface area contributed by atoms with E-state index in [1.807, 2.05) is 0 Å². The average Bonchev–Trinajstić information content (AvgIpc) is 3.38. The van der Waals surface area contributed by atoms with Gasteiger partial charge in [0, 0.05) is 32.1 Å². The molecule has 0 saturated carbocycles. The Kier molecular flexibility index (Phi) is 6.58. The molecule has 3 N–H and O–H groups in total. The number of hydrogen-bond acceptors (Lipinski definition) is 12. The molecule has 11 atom stereocenters. The molecule has 2 heterocycles. The summed E-state index contributed by atoms with van der Waals surface area (Å²) in [7, 11) is 0. The van der Waals surface area contributed by atoms with Gasteiger partial charge in [-0.25, -0.2) is 4.79 Å². The maximum absolute atomic E-state index is 13.0. The minimum absolute atomic E-state index is 0.247. The summed E-state index contributed by atoms with van der Waals surface area (Å²) < 4.78 is 28.2. The van der Waals surface area contributed by atoms with Crippen LogP contribution in [0.15, 0.2) is 23.8 Å². The van der Waals surface area contributed by atoms with Crippen molar-refractivity contribution in [1.82, 2.24) is 0 Å². The fourth-order valence-electron chi connectivity index (χ4n) is 6.52. The van der Waals surface area contributed by atoms with E-state index in [1.54, 1.807) is 0 Å². The zero-order valence-corrected chi connectivity index (χ0v) is 22.3. The van der Waals surface area contributed by atoms with E-state index in [4.69, 9.17) is 23.7 Å². The van der Waals surface area contributed by atoms with Crippen LogP contribution < -0.4 is 0 Å². The van der Waals surface area contributed by atoms with Crippen LogP contribution in [0.4, 0.5) is 0 Å². The van der Waals surface area contributed by atoms with Gasteiger partial charge in [0.05, 0.1) is 6.10 Å². The summed E-state index contributed by atoms with van der Waals surface area (Å²) in [6, 6.07) is 0. The van der Waals surface area contributed by atoms with Crippen LogP contribution in [0.25, 0.3) is 0 Å². The molecule has 4 aliphatic rings. The van der Waals surface area contributed by atoms with Gasteiger partial charge < -0.3 is 39.0 Å². The maximum Gasteiger partial charge on any atom is 0.342 e. The molecule has 2 fully saturated rings. The quantitative estimate of drug-likeness (QED) is 0.188. The fourth-order valence-corrected chi connectivity index (χ4v) is 6.52. The van der Waals surface area contributed by atoms with Gasteiger partial charge in [0.1, 0.15) is 23.9 Å². The number of rotatable bonds is 3. The molecule has 2 aliphatic carbocycles. The van der Waals surface area contributed by atoms with Crippen LogP contribution in [0.3, 0.4) is 0 Å². The molecule has 1 spiro atoms. The Labute approximate surface area is 219 Å². The van der Waals surface area contributed by atoms with Crippen LogP contribution in [0.2, 0.25) is 0 Å². The van der Waals surface area contributed by atoms with Crippen LogP contribution in [-0.4, -0.2) is 92.6 Å². The summed E-state index contributed by atoms with van der Waals surface area (Å²) in [5.41, 5.74) is -6.67. The van der Waals surface area contributed by atoms with Crippen molar-refractivity contribution in [3.63, 3.8) is 0 Å². The van der Waals surface area contributed by atoms with Gasteiger partial charge in [-0.1, -0.05) is 13.0 Å². The van der Waals surface area contributed by atoms with Gasteiger partial charge in [-0.2, -0.15) is 0 Å². The third-order valence-electron chi connectivity index (χ3n) is 8.37. The molecular weight excluding hydrogens is 504 g/mol. The van der Waals surface area contributed by atoms with Crippen molar-refractivity contribution in [2.45, 2.75) is 102 Å². The van der Waals surface area contributed by atoms with Crippen molar-refractivity contribution in [3.05, 3.63) is 23.8 Å². The molecule has 12 nitrogen and oxygen atoms in total. The van der Waals surface area contributed by atoms with Gasteiger partial charge in [-0.3, -0.25) is 14.4 Å². The van der Waals surface area contributed by atoms with Gasteiger partial charge in [-0.15, -0.1) is 0 Å². The Morgan fingerprint density at radius 3 is 2.08 bits per heavy atom. The summed E-state index contributed by atoms with van der Waals surface area (Å²) in [4.78, 5) is 49.3. The van der Waals surface area contributed by atoms with Crippen LogP contribution in [0.5, 0.6) is 0 Å². The summed E-state index contributed by atoms with van der Waals surface area (Å²) in [6.45, 7) is 9.26. The van der Waals surface area contributed by atoms with Gasteiger partial charge in [0.25, 0.3) is 0 Å². The number of fused-ring (bicyclic) bond motifs is 1. The highest BCUT2D eigenvalue weighted by atomic mass is 16.7. The number of carbonyl (C=O) groups is 4. The van der Waals surface area contributed by atoms with Crippen molar-refractivity contribution in [2.75, 3.05) is 0 Å². The van der Waals surface area contributed by atoms with Crippen LogP contribution in [0.1, 0.15) is 48.5 Å². The van der Waals surface area contributed by atoms with Gasteiger partial charge in [0.15, 0.2) is 23.4 Å². The van der Waals surface area contributed by atoms with Crippen LogP contribution in [-0.2, 0) is 42.9 Å². The molecule has 38 heavy (non-hydrogen) atoms. The average molecular weight is 539 g/mol. The number of epoxide rings is 1. The molecule has 0 amide bonds. The minimum Gasteiger partial charge on any atom is -0.459 e. The first-order valence-corrected chi connectivity index (χ1v) is 12.3. The first-order chi connectivity index (χ1) is 17.4. The third-order valence-corrected chi connectivity index (χ3v) is 8.37. The molecule has 0 aromatic heterocycles. The zero-order valence-electron chi connectivity index (χ0n) is 22.3. The highest BCUT2D eigenvalue weighted by Crippen LogP contribution is 2.65. The van der Waals surface area contributed by atoms with E-state index in [-0.39, 0.29) is 5.57 Å². The van der Waals surface area contributed by atoms with Gasteiger partial charge >= 0.3 is 23.9 Å². The third kappa shape index (κ3) is 3.88. The molecule has 0 aromatic carbocycles. The minimum atomic E-state index is -2.04. The molecular formula is C26H34O12. The van der Waals surface area contributed by atoms with Crippen LogP contribution in [0, 0.1) is 11.3 Å². The van der Waals surface area contributed by atoms with Crippen molar-refractivity contribution < 1.29 is 58.2 Å². The molecule has 0 bridgehead atoms. The number of aliphatic hydroxyl groups excluding tert-OH is 2. The van der Waals surface area contributed by atoms with Crippen molar-refractivity contribution >= 4 is 23.9 Å². The van der Waals surface area contributed by atoms with E-state index in [0.29, 0.717) is 0 Å². The molecule has 12 heteroatoms. The molecule has 0 radical (unpaired) electrons. The Bertz CT molecular complexity index is 1130. The molecule has 2 aliphatic heterocycles. The Morgan fingerprint density at radius 1 is 0.974 bits per heavy atom. The second kappa shape index (κ2) is 8.87.